The summed E-state index contributed by atoms with van der Waals surface area (Å²) in [6.45, 7) is 5.56. The van der Waals surface area contributed by atoms with E-state index in [1.54, 1.807) is 11.3 Å². The second kappa shape index (κ2) is 6.18. The molecule has 3 rings (SSSR count). The molecule has 0 aliphatic heterocycles. The van der Waals surface area contributed by atoms with Gasteiger partial charge in [0.05, 0.1) is 5.39 Å². The van der Waals surface area contributed by atoms with Crippen molar-refractivity contribution >= 4 is 33.3 Å². The molecule has 1 aliphatic rings. The fourth-order valence-electron chi connectivity index (χ4n) is 2.64. The monoisotopic (exact) mass is 304 g/mol. The first kappa shape index (κ1) is 14.6. The highest BCUT2D eigenvalue weighted by atomic mass is 32.1. The first-order valence-electron chi connectivity index (χ1n) is 8.01. The third kappa shape index (κ3) is 2.98. The third-order valence-electron chi connectivity index (χ3n) is 4.01. The van der Waals surface area contributed by atoms with Crippen molar-refractivity contribution in [2.75, 3.05) is 23.8 Å². The zero-order valence-electron chi connectivity index (χ0n) is 13.1. The number of anilines is 2. The quantitative estimate of drug-likeness (QED) is 0.837. The van der Waals surface area contributed by atoms with Gasteiger partial charge in [-0.2, -0.15) is 4.98 Å². The van der Waals surface area contributed by atoms with Gasteiger partial charge in [-0.3, -0.25) is 0 Å². The molecule has 0 bridgehead atoms. The lowest BCUT2D eigenvalue weighted by Gasteiger charge is -2.24. The van der Waals surface area contributed by atoms with Gasteiger partial charge >= 0.3 is 0 Å². The summed E-state index contributed by atoms with van der Waals surface area (Å²) < 4.78 is 0. The molecule has 1 aliphatic carbocycles. The largest absolute Gasteiger partial charge is 0.357 e. The maximum Gasteiger partial charge on any atom is 0.225 e. The van der Waals surface area contributed by atoms with Gasteiger partial charge in [-0.15, -0.1) is 11.3 Å². The summed E-state index contributed by atoms with van der Waals surface area (Å²) in [6, 6.07) is 2.97. The number of nitrogens with one attached hydrogen (secondary N) is 1. The molecule has 2 heterocycles. The third-order valence-corrected chi connectivity index (χ3v) is 5.18. The number of nitrogens with zero attached hydrogens (tertiary/aromatic N) is 3. The number of aryl methyl sites for hydroxylation is 1. The summed E-state index contributed by atoms with van der Waals surface area (Å²) in [6.07, 6.45) is 6.11. The number of unbranched alkanes of at least 4 members (excludes halogenated alkanes) is 1. The zero-order chi connectivity index (χ0) is 14.8. The molecule has 21 heavy (non-hydrogen) atoms. The lowest BCUT2D eigenvalue weighted by molar-refractivity contribution is 0.707. The summed E-state index contributed by atoms with van der Waals surface area (Å²) in [5.41, 5.74) is 0. The fraction of sp³-hybridized carbons (Fsp3) is 0.625. The Labute approximate surface area is 130 Å². The maximum atomic E-state index is 4.79. The first-order chi connectivity index (χ1) is 10.3. The van der Waals surface area contributed by atoms with E-state index in [0.717, 1.165) is 29.6 Å². The van der Waals surface area contributed by atoms with Crippen molar-refractivity contribution in [2.24, 2.45) is 0 Å². The lowest BCUT2D eigenvalue weighted by Crippen LogP contribution is -2.28. The number of aromatic nitrogens is 2. The molecule has 0 saturated heterocycles. The Hall–Kier alpha value is -1.36. The van der Waals surface area contributed by atoms with Crippen LogP contribution in [-0.2, 0) is 6.42 Å². The van der Waals surface area contributed by atoms with Crippen molar-refractivity contribution in [2.45, 2.75) is 52.0 Å². The summed E-state index contributed by atoms with van der Waals surface area (Å²) in [7, 11) is 1.90. The van der Waals surface area contributed by atoms with Crippen molar-refractivity contribution in [3.05, 3.63) is 10.9 Å². The molecular weight excluding hydrogens is 280 g/mol. The van der Waals surface area contributed by atoms with Gasteiger partial charge in [0.25, 0.3) is 0 Å². The molecule has 1 fully saturated rings. The molecule has 0 atom stereocenters. The average Bonchev–Trinajstić information content (AvgIpc) is 3.25. The van der Waals surface area contributed by atoms with Crippen LogP contribution in [0.1, 0.15) is 44.4 Å². The Morgan fingerprint density at radius 2 is 2.14 bits per heavy atom. The Balaban J connectivity index is 2.06. The smallest absolute Gasteiger partial charge is 0.225 e. The Kier molecular flexibility index (Phi) is 4.29. The van der Waals surface area contributed by atoms with E-state index in [1.807, 2.05) is 7.05 Å². The predicted molar refractivity (Wildman–Crippen MR) is 91.6 cm³/mol. The summed E-state index contributed by atoms with van der Waals surface area (Å²) in [5.74, 6) is 1.88. The summed E-state index contributed by atoms with van der Waals surface area (Å²) >= 11 is 1.80. The molecular formula is C16H24N4S. The predicted octanol–water partition coefficient (Wildman–Crippen LogP) is 4.06. The van der Waals surface area contributed by atoms with Gasteiger partial charge in [-0.05, 0) is 31.7 Å². The molecule has 1 saturated carbocycles. The van der Waals surface area contributed by atoms with Crippen LogP contribution in [0.5, 0.6) is 0 Å². The molecule has 4 nitrogen and oxygen atoms in total. The Morgan fingerprint density at radius 1 is 1.33 bits per heavy atom. The molecule has 2 aromatic rings. The van der Waals surface area contributed by atoms with Crippen molar-refractivity contribution in [3.63, 3.8) is 0 Å². The highest BCUT2D eigenvalue weighted by molar-refractivity contribution is 7.18. The number of thiophene rings is 1. The molecule has 0 spiro atoms. The molecule has 0 amide bonds. The molecule has 114 valence electrons. The standard InChI is InChI=1S/C16H24N4S/c1-4-6-9-20(11-7-8-11)14-13-10-12(5-2)21-15(13)19-16(17-3)18-14/h10-11H,4-9H2,1-3H3,(H,17,18,19). The van der Waals surface area contributed by atoms with Crippen LogP contribution in [0.4, 0.5) is 11.8 Å². The van der Waals surface area contributed by atoms with Gasteiger partial charge in [0.1, 0.15) is 10.6 Å². The van der Waals surface area contributed by atoms with Crippen LogP contribution in [0.2, 0.25) is 0 Å². The van der Waals surface area contributed by atoms with Gasteiger partial charge in [0, 0.05) is 24.5 Å². The van der Waals surface area contributed by atoms with Crippen molar-refractivity contribution in [1.29, 1.82) is 0 Å². The van der Waals surface area contributed by atoms with Crippen LogP contribution in [-0.4, -0.2) is 29.6 Å². The number of fused-ring (bicyclic) bond motifs is 1. The lowest BCUT2D eigenvalue weighted by atomic mass is 10.2. The molecule has 0 radical (unpaired) electrons. The van der Waals surface area contributed by atoms with Crippen molar-refractivity contribution in [3.8, 4) is 0 Å². The van der Waals surface area contributed by atoms with Crippen LogP contribution < -0.4 is 10.2 Å². The van der Waals surface area contributed by atoms with E-state index >= 15 is 0 Å². The second-order valence-electron chi connectivity index (χ2n) is 5.68. The number of rotatable bonds is 7. The van der Waals surface area contributed by atoms with E-state index in [9.17, 15) is 0 Å². The van der Waals surface area contributed by atoms with Crippen LogP contribution >= 0.6 is 11.3 Å². The van der Waals surface area contributed by atoms with Crippen molar-refractivity contribution < 1.29 is 0 Å². The van der Waals surface area contributed by atoms with Crippen LogP contribution in [0, 0.1) is 0 Å². The minimum atomic E-state index is 0.685. The normalized spacial score (nSPS) is 14.6. The maximum absolute atomic E-state index is 4.79. The van der Waals surface area contributed by atoms with E-state index < -0.39 is 0 Å². The number of hydrogen-bond acceptors (Lipinski definition) is 5. The molecule has 0 aromatic carbocycles. The van der Waals surface area contributed by atoms with Crippen LogP contribution in [0.3, 0.4) is 0 Å². The molecule has 5 heteroatoms. The number of hydrogen-bond donors (Lipinski definition) is 1. The van der Waals surface area contributed by atoms with E-state index in [1.165, 1.54) is 35.9 Å². The average molecular weight is 304 g/mol. The first-order valence-corrected chi connectivity index (χ1v) is 8.83. The highest BCUT2D eigenvalue weighted by Crippen LogP contribution is 2.37. The van der Waals surface area contributed by atoms with Crippen LogP contribution in [0.15, 0.2) is 6.07 Å². The van der Waals surface area contributed by atoms with Crippen molar-refractivity contribution in [1.82, 2.24) is 9.97 Å². The van der Waals surface area contributed by atoms with Crippen LogP contribution in [0.25, 0.3) is 10.2 Å². The van der Waals surface area contributed by atoms with Gasteiger partial charge in [-0.25, -0.2) is 4.98 Å². The van der Waals surface area contributed by atoms with Gasteiger partial charge in [-0.1, -0.05) is 20.3 Å². The molecule has 0 unspecified atom stereocenters. The summed E-state index contributed by atoms with van der Waals surface area (Å²) in [5, 5.41) is 4.35. The van der Waals surface area contributed by atoms with Gasteiger partial charge in [0.15, 0.2) is 0 Å². The molecule has 2 aromatic heterocycles. The minimum Gasteiger partial charge on any atom is -0.357 e. The fourth-order valence-corrected chi connectivity index (χ4v) is 3.60. The second-order valence-corrected chi connectivity index (χ2v) is 6.80. The zero-order valence-corrected chi connectivity index (χ0v) is 14.0. The van der Waals surface area contributed by atoms with E-state index in [0.29, 0.717) is 6.04 Å². The highest BCUT2D eigenvalue weighted by Gasteiger charge is 2.31. The topological polar surface area (TPSA) is 41.1 Å². The molecule has 1 N–H and O–H groups in total. The minimum absolute atomic E-state index is 0.685. The SMILES string of the molecule is CCCCN(c1nc(NC)nc2sc(CC)cc12)C1CC1. The van der Waals surface area contributed by atoms with E-state index in [-0.39, 0.29) is 0 Å². The van der Waals surface area contributed by atoms with E-state index in [2.05, 4.69) is 35.1 Å². The summed E-state index contributed by atoms with van der Waals surface area (Å²) in [4.78, 5) is 14.4. The Bertz CT molecular complexity index is 618. The van der Waals surface area contributed by atoms with Gasteiger partial charge < -0.3 is 10.2 Å². The van der Waals surface area contributed by atoms with E-state index in [4.69, 9.17) is 4.98 Å². The Morgan fingerprint density at radius 3 is 2.76 bits per heavy atom. The van der Waals surface area contributed by atoms with Gasteiger partial charge in [0.2, 0.25) is 5.95 Å².